The molecule has 1 aromatic heterocycles. The maximum atomic E-state index is 4.62. The number of hydrogen-bond acceptors (Lipinski definition) is 2. The van der Waals surface area contributed by atoms with Gasteiger partial charge in [-0.25, -0.2) is 4.98 Å². The van der Waals surface area contributed by atoms with Crippen LogP contribution in [-0.2, 0) is 19.3 Å². The highest BCUT2D eigenvalue weighted by atomic mass is 32.1. The summed E-state index contributed by atoms with van der Waals surface area (Å²) in [6.45, 7) is 4.30. The summed E-state index contributed by atoms with van der Waals surface area (Å²) in [6, 6.07) is 20.1. The Hall–Kier alpha value is -2.19. The Kier molecular flexibility index (Phi) is 4.07. The topological polar surface area (TPSA) is 12.9 Å². The Morgan fingerprint density at radius 1 is 0.875 bits per heavy atom. The van der Waals surface area contributed by atoms with Gasteiger partial charge in [-0.3, -0.25) is 0 Å². The zero-order valence-corrected chi connectivity index (χ0v) is 15.0. The predicted molar refractivity (Wildman–Crippen MR) is 105 cm³/mol. The Morgan fingerprint density at radius 2 is 1.62 bits per heavy atom. The third-order valence-electron chi connectivity index (χ3n) is 4.73. The molecule has 120 valence electrons. The Morgan fingerprint density at radius 3 is 2.42 bits per heavy atom. The third kappa shape index (κ3) is 2.83. The molecule has 0 aliphatic rings. The van der Waals surface area contributed by atoms with Crippen molar-refractivity contribution >= 4 is 32.3 Å². The average Bonchev–Trinajstić information content (AvgIpc) is 2.98. The number of fused-ring (bicyclic) bond motifs is 2. The highest BCUT2D eigenvalue weighted by Gasteiger charge is 2.06. The van der Waals surface area contributed by atoms with Crippen molar-refractivity contribution in [2.24, 2.45) is 0 Å². The van der Waals surface area contributed by atoms with Crippen molar-refractivity contribution in [3.63, 3.8) is 0 Å². The standard InChI is InChI=1S/C22H21NS/c1-3-17-6-4-9-20-18(7-5-8-19(17)20)12-10-16-11-13-22-21(14-16)23-15(2)24-22/h4-9,11,13-14H,3,10,12H2,1-2H3. The Labute approximate surface area is 147 Å². The van der Waals surface area contributed by atoms with Crippen LogP contribution in [0.5, 0.6) is 0 Å². The van der Waals surface area contributed by atoms with E-state index in [0.29, 0.717) is 0 Å². The van der Waals surface area contributed by atoms with Gasteiger partial charge in [0.1, 0.15) is 0 Å². The van der Waals surface area contributed by atoms with Crippen LogP contribution in [0.3, 0.4) is 0 Å². The molecule has 3 aromatic carbocycles. The molecule has 0 spiro atoms. The largest absolute Gasteiger partial charge is 0.242 e. The van der Waals surface area contributed by atoms with Crippen LogP contribution in [0, 0.1) is 6.92 Å². The number of aromatic nitrogens is 1. The fraction of sp³-hybridized carbons (Fsp3) is 0.227. The van der Waals surface area contributed by atoms with Crippen LogP contribution in [0.15, 0.2) is 54.6 Å². The summed E-state index contributed by atoms with van der Waals surface area (Å²) < 4.78 is 1.29. The molecule has 4 aromatic rings. The van der Waals surface area contributed by atoms with Gasteiger partial charge in [-0.1, -0.05) is 49.4 Å². The molecular formula is C22H21NS. The molecule has 0 atom stereocenters. The SMILES string of the molecule is CCc1cccc2c(CCc3ccc4sc(C)nc4c3)cccc12. The van der Waals surface area contributed by atoms with Gasteiger partial charge in [0, 0.05) is 0 Å². The predicted octanol–water partition coefficient (Wildman–Crippen LogP) is 6.11. The number of nitrogens with zero attached hydrogens (tertiary/aromatic N) is 1. The lowest BCUT2D eigenvalue weighted by molar-refractivity contribution is 0.970. The number of benzene rings is 3. The zero-order chi connectivity index (χ0) is 16.5. The fourth-order valence-corrected chi connectivity index (χ4v) is 4.30. The summed E-state index contributed by atoms with van der Waals surface area (Å²) in [6.07, 6.45) is 3.21. The highest BCUT2D eigenvalue weighted by Crippen LogP contribution is 2.26. The number of thiazole rings is 1. The van der Waals surface area contributed by atoms with Crippen molar-refractivity contribution in [2.75, 3.05) is 0 Å². The van der Waals surface area contributed by atoms with Crippen molar-refractivity contribution < 1.29 is 0 Å². The van der Waals surface area contributed by atoms with Crippen LogP contribution in [0.2, 0.25) is 0 Å². The normalized spacial score (nSPS) is 11.4. The maximum absolute atomic E-state index is 4.62. The second-order valence-electron chi connectivity index (χ2n) is 6.32. The van der Waals surface area contributed by atoms with E-state index in [1.165, 1.54) is 32.2 Å². The molecule has 0 fully saturated rings. The second-order valence-corrected chi connectivity index (χ2v) is 7.55. The molecular weight excluding hydrogens is 310 g/mol. The van der Waals surface area contributed by atoms with Gasteiger partial charge in [-0.15, -0.1) is 11.3 Å². The number of rotatable bonds is 4. The van der Waals surface area contributed by atoms with Gasteiger partial charge < -0.3 is 0 Å². The third-order valence-corrected chi connectivity index (χ3v) is 5.68. The van der Waals surface area contributed by atoms with Gasteiger partial charge >= 0.3 is 0 Å². The lowest BCUT2D eigenvalue weighted by Crippen LogP contribution is -1.94. The summed E-state index contributed by atoms with van der Waals surface area (Å²) in [4.78, 5) is 4.62. The van der Waals surface area contributed by atoms with E-state index in [9.17, 15) is 0 Å². The van der Waals surface area contributed by atoms with E-state index in [4.69, 9.17) is 0 Å². The van der Waals surface area contributed by atoms with Gasteiger partial charge in [0.05, 0.1) is 15.2 Å². The van der Waals surface area contributed by atoms with Crippen LogP contribution < -0.4 is 0 Å². The summed E-state index contributed by atoms with van der Waals surface area (Å²) in [5, 5.41) is 3.95. The number of aryl methyl sites for hydroxylation is 4. The molecule has 0 aliphatic heterocycles. The lowest BCUT2D eigenvalue weighted by Gasteiger charge is -2.10. The highest BCUT2D eigenvalue weighted by molar-refractivity contribution is 7.18. The van der Waals surface area contributed by atoms with E-state index >= 15 is 0 Å². The first-order chi connectivity index (χ1) is 11.7. The minimum Gasteiger partial charge on any atom is -0.242 e. The second kappa shape index (κ2) is 6.37. The van der Waals surface area contributed by atoms with E-state index in [1.807, 2.05) is 0 Å². The summed E-state index contributed by atoms with van der Waals surface area (Å²) in [7, 11) is 0. The minimum atomic E-state index is 1.06. The van der Waals surface area contributed by atoms with E-state index in [1.54, 1.807) is 11.3 Å². The van der Waals surface area contributed by atoms with Gasteiger partial charge in [-0.2, -0.15) is 0 Å². The maximum Gasteiger partial charge on any atom is 0.0907 e. The smallest absolute Gasteiger partial charge is 0.0907 e. The molecule has 24 heavy (non-hydrogen) atoms. The first-order valence-electron chi connectivity index (χ1n) is 8.60. The quantitative estimate of drug-likeness (QED) is 0.440. The summed E-state index contributed by atoms with van der Waals surface area (Å²) in [5.74, 6) is 0. The van der Waals surface area contributed by atoms with Gasteiger partial charge in [-0.05, 0) is 65.8 Å². The summed E-state index contributed by atoms with van der Waals surface area (Å²) >= 11 is 1.77. The van der Waals surface area contributed by atoms with Crippen molar-refractivity contribution in [1.82, 2.24) is 4.98 Å². The van der Waals surface area contributed by atoms with Gasteiger partial charge in [0.2, 0.25) is 0 Å². The van der Waals surface area contributed by atoms with Crippen LogP contribution in [0.25, 0.3) is 21.0 Å². The number of hydrogen-bond donors (Lipinski definition) is 0. The van der Waals surface area contributed by atoms with Gasteiger partial charge in [0.25, 0.3) is 0 Å². The summed E-state index contributed by atoms with van der Waals surface area (Å²) in [5.41, 5.74) is 5.39. The molecule has 0 amide bonds. The molecule has 0 N–H and O–H groups in total. The molecule has 0 bridgehead atoms. The van der Waals surface area contributed by atoms with Crippen molar-refractivity contribution in [3.05, 3.63) is 76.3 Å². The van der Waals surface area contributed by atoms with E-state index in [0.717, 1.165) is 29.8 Å². The molecule has 0 saturated carbocycles. The Balaban J connectivity index is 1.64. The van der Waals surface area contributed by atoms with Crippen molar-refractivity contribution in [3.8, 4) is 0 Å². The zero-order valence-electron chi connectivity index (χ0n) is 14.2. The minimum absolute atomic E-state index is 1.06. The molecule has 0 aliphatic carbocycles. The average molecular weight is 331 g/mol. The molecule has 2 heteroatoms. The molecule has 0 saturated heterocycles. The molecule has 4 rings (SSSR count). The molecule has 0 radical (unpaired) electrons. The van der Waals surface area contributed by atoms with Crippen LogP contribution in [0.1, 0.15) is 28.6 Å². The molecule has 1 heterocycles. The monoisotopic (exact) mass is 331 g/mol. The van der Waals surface area contributed by atoms with Crippen molar-refractivity contribution in [1.29, 1.82) is 0 Å². The van der Waals surface area contributed by atoms with E-state index in [2.05, 4.69) is 73.4 Å². The van der Waals surface area contributed by atoms with E-state index in [-0.39, 0.29) is 0 Å². The Bertz CT molecular complexity index is 1010. The lowest BCUT2D eigenvalue weighted by atomic mass is 9.95. The first-order valence-corrected chi connectivity index (χ1v) is 9.42. The van der Waals surface area contributed by atoms with E-state index < -0.39 is 0 Å². The van der Waals surface area contributed by atoms with Crippen molar-refractivity contribution in [2.45, 2.75) is 33.1 Å². The molecule has 1 nitrogen and oxygen atoms in total. The van der Waals surface area contributed by atoms with Crippen LogP contribution in [0.4, 0.5) is 0 Å². The van der Waals surface area contributed by atoms with Crippen LogP contribution in [-0.4, -0.2) is 4.98 Å². The molecule has 0 unspecified atom stereocenters. The fourth-order valence-electron chi connectivity index (χ4n) is 3.49. The van der Waals surface area contributed by atoms with Gasteiger partial charge in [0.15, 0.2) is 0 Å². The van der Waals surface area contributed by atoms with Crippen LogP contribution >= 0.6 is 11.3 Å². The first kappa shape index (κ1) is 15.3.